The van der Waals surface area contributed by atoms with Gasteiger partial charge < -0.3 is 29.8 Å². The maximum atomic E-state index is 13.0. The van der Waals surface area contributed by atoms with Crippen molar-refractivity contribution in [1.82, 2.24) is 15.6 Å². The number of hydrogen-bond donors (Lipinski definition) is 3. The van der Waals surface area contributed by atoms with Crippen LogP contribution in [0.1, 0.15) is 124 Å². The molecule has 1 aromatic heterocycles. The Hall–Kier alpha value is -3.43. The van der Waals surface area contributed by atoms with E-state index in [2.05, 4.69) is 46.8 Å². The van der Waals surface area contributed by atoms with E-state index < -0.39 is 23.3 Å². The van der Waals surface area contributed by atoms with Crippen LogP contribution in [0.5, 0.6) is 0 Å². The molecule has 278 valence electrons. The number of aromatic amines is 1. The highest BCUT2D eigenvalue weighted by Crippen LogP contribution is 2.34. The summed E-state index contributed by atoms with van der Waals surface area (Å²) in [6.45, 7) is 10.2. The van der Waals surface area contributed by atoms with Gasteiger partial charge in [-0.3, -0.25) is 14.4 Å². The number of carbonyl (C=O) groups is 3. The molecule has 2 aromatic rings. The second-order valence-corrected chi connectivity index (χ2v) is 14.7. The molecule has 2 atom stereocenters. The summed E-state index contributed by atoms with van der Waals surface area (Å²) in [5, 5.41) is 7.01. The molecule has 3 N–H and O–H groups in total. The van der Waals surface area contributed by atoms with E-state index in [0.29, 0.717) is 19.4 Å². The van der Waals surface area contributed by atoms with Crippen LogP contribution in [-0.4, -0.2) is 60.5 Å². The Morgan fingerprint density at radius 3 is 2.40 bits per heavy atom. The molecule has 2 unspecified atom stereocenters. The summed E-state index contributed by atoms with van der Waals surface area (Å²) in [7, 11) is 0. The summed E-state index contributed by atoms with van der Waals surface area (Å²) in [4.78, 5) is 41.9. The fraction of sp³-hybridized carbons (Fsp3) is 0.634. The van der Waals surface area contributed by atoms with Crippen molar-refractivity contribution in [3.05, 3.63) is 60.3 Å². The average Bonchev–Trinajstić information content (AvgIpc) is 3.49. The van der Waals surface area contributed by atoms with Gasteiger partial charge in [0.1, 0.15) is 12.7 Å². The first-order valence-corrected chi connectivity index (χ1v) is 18.9. The standard InChI is InChI=1S/C41H63N3O6/c1-6-7-8-9-10-11-12-13-14-15-16-17-18-19-20-25-36(45)44-33(28-32-29-43-35-24-22-21-23-34(32)35)30-48-37(46)26-27-42-39(47)38-40(2,3)31-49-41(4,5)50-38/h10-11,13-14,21-24,29,33,38,43H,6-9,12,15-20,25-28,30-31H2,1-5H3,(H,42,47)(H,44,45)/b11-10-,14-13-. The number of hydrogen-bond acceptors (Lipinski definition) is 6. The smallest absolute Gasteiger partial charge is 0.307 e. The minimum Gasteiger partial charge on any atom is -0.463 e. The summed E-state index contributed by atoms with van der Waals surface area (Å²) >= 11 is 0. The number of unbranched alkanes of at least 4 members (excludes halogenated alkanes) is 8. The van der Waals surface area contributed by atoms with Gasteiger partial charge in [-0.15, -0.1) is 0 Å². The van der Waals surface area contributed by atoms with E-state index >= 15 is 0 Å². The van der Waals surface area contributed by atoms with Crippen LogP contribution in [0.4, 0.5) is 0 Å². The van der Waals surface area contributed by atoms with Gasteiger partial charge in [0.15, 0.2) is 5.79 Å². The molecule has 2 heterocycles. The van der Waals surface area contributed by atoms with Crippen molar-refractivity contribution >= 4 is 28.7 Å². The third kappa shape index (κ3) is 15.2. The first-order valence-electron chi connectivity index (χ1n) is 18.9. The third-order valence-corrected chi connectivity index (χ3v) is 9.08. The normalized spacial score (nSPS) is 17.7. The maximum absolute atomic E-state index is 13.0. The highest BCUT2D eigenvalue weighted by atomic mass is 16.7. The zero-order chi connectivity index (χ0) is 36.2. The maximum Gasteiger partial charge on any atom is 0.307 e. The molecule has 1 saturated heterocycles. The number of fused-ring (bicyclic) bond motifs is 1. The van der Waals surface area contributed by atoms with Gasteiger partial charge in [-0.05, 0) is 70.4 Å². The van der Waals surface area contributed by atoms with E-state index in [0.717, 1.165) is 55.0 Å². The van der Waals surface area contributed by atoms with Crippen LogP contribution in [0.15, 0.2) is 54.8 Å². The monoisotopic (exact) mass is 693 g/mol. The lowest BCUT2D eigenvalue weighted by atomic mass is 9.85. The second-order valence-electron chi connectivity index (χ2n) is 14.7. The van der Waals surface area contributed by atoms with Crippen molar-refractivity contribution in [2.24, 2.45) is 5.41 Å². The zero-order valence-corrected chi connectivity index (χ0v) is 31.3. The molecule has 1 aliphatic rings. The molecule has 0 radical (unpaired) electrons. The summed E-state index contributed by atoms with van der Waals surface area (Å²) < 4.78 is 17.2. The van der Waals surface area contributed by atoms with Crippen molar-refractivity contribution in [3.63, 3.8) is 0 Å². The number of benzene rings is 1. The number of nitrogens with one attached hydrogen (secondary N) is 3. The molecule has 3 rings (SSSR count). The minimum absolute atomic E-state index is 0.0124. The van der Waals surface area contributed by atoms with E-state index in [9.17, 15) is 14.4 Å². The lowest BCUT2D eigenvalue weighted by Gasteiger charge is -2.44. The fourth-order valence-electron chi connectivity index (χ4n) is 6.08. The average molecular weight is 694 g/mol. The first-order chi connectivity index (χ1) is 24.0. The Morgan fingerprint density at radius 1 is 0.940 bits per heavy atom. The van der Waals surface area contributed by atoms with Gasteiger partial charge in [-0.25, -0.2) is 0 Å². The highest BCUT2D eigenvalue weighted by molar-refractivity contribution is 5.83. The van der Waals surface area contributed by atoms with Crippen LogP contribution in [-0.2, 0) is 35.0 Å². The predicted molar refractivity (Wildman–Crippen MR) is 201 cm³/mol. The molecule has 1 aliphatic heterocycles. The number of amides is 2. The number of esters is 1. The van der Waals surface area contributed by atoms with Crippen molar-refractivity contribution < 1.29 is 28.6 Å². The Morgan fingerprint density at radius 2 is 1.64 bits per heavy atom. The molecule has 50 heavy (non-hydrogen) atoms. The lowest BCUT2D eigenvalue weighted by molar-refractivity contribution is -0.304. The molecule has 0 bridgehead atoms. The van der Waals surface area contributed by atoms with Gasteiger partial charge in [0.25, 0.3) is 0 Å². The van der Waals surface area contributed by atoms with Gasteiger partial charge in [-0.1, -0.05) is 95.4 Å². The van der Waals surface area contributed by atoms with Gasteiger partial charge in [0.2, 0.25) is 11.8 Å². The molecular weight excluding hydrogens is 630 g/mol. The number of H-pyrrole nitrogens is 1. The summed E-state index contributed by atoms with van der Waals surface area (Å²) in [5.41, 5.74) is 1.56. The third-order valence-electron chi connectivity index (χ3n) is 9.08. The second kappa shape index (κ2) is 21.7. The Kier molecular flexibility index (Phi) is 17.8. The Labute approximate surface area is 300 Å². The SMILES string of the molecule is CCCCC/C=C\C/C=C\CCCCCCCC(=O)NC(COC(=O)CCNC(=O)C1OC(C)(C)OCC1(C)C)Cc1c[nH]c2ccccc12. The van der Waals surface area contributed by atoms with Gasteiger partial charge in [0, 0.05) is 35.5 Å². The van der Waals surface area contributed by atoms with Crippen LogP contribution in [0.3, 0.4) is 0 Å². The summed E-state index contributed by atoms with van der Waals surface area (Å²) in [5.74, 6) is -1.62. The number of carbonyl (C=O) groups excluding carboxylic acids is 3. The highest BCUT2D eigenvalue weighted by Gasteiger charge is 2.45. The van der Waals surface area contributed by atoms with Crippen LogP contribution in [0.25, 0.3) is 10.9 Å². The van der Waals surface area contributed by atoms with Crippen LogP contribution in [0.2, 0.25) is 0 Å². The molecular formula is C41H63N3O6. The molecule has 1 aromatic carbocycles. The number of ether oxygens (including phenoxy) is 3. The summed E-state index contributed by atoms with van der Waals surface area (Å²) in [6, 6.07) is 7.64. The number of aromatic nitrogens is 1. The zero-order valence-electron chi connectivity index (χ0n) is 31.3. The lowest BCUT2D eigenvalue weighted by Crippen LogP contribution is -2.56. The molecule has 9 heteroatoms. The van der Waals surface area contributed by atoms with E-state index in [1.807, 2.05) is 44.3 Å². The first kappa shape index (κ1) is 41.0. The van der Waals surface area contributed by atoms with Crippen molar-refractivity contribution in [2.75, 3.05) is 19.8 Å². The van der Waals surface area contributed by atoms with E-state index in [-0.39, 0.29) is 37.4 Å². The minimum atomic E-state index is -0.858. The molecule has 9 nitrogen and oxygen atoms in total. The van der Waals surface area contributed by atoms with E-state index in [1.54, 1.807) is 13.8 Å². The number of para-hydroxylation sites is 1. The predicted octanol–water partition coefficient (Wildman–Crippen LogP) is 8.24. The Bertz CT molecular complexity index is 1380. The quantitative estimate of drug-likeness (QED) is 0.0613. The molecule has 1 fully saturated rings. The molecule has 0 spiro atoms. The largest absolute Gasteiger partial charge is 0.463 e. The Balaban J connectivity index is 1.38. The van der Waals surface area contributed by atoms with Gasteiger partial charge in [0.05, 0.1) is 19.1 Å². The topological polar surface area (TPSA) is 119 Å². The van der Waals surface area contributed by atoms with Gasteiger partial charge in [-0.2, -0.15) is 0 Å². The van der Waals surface area contributed by atoms with E-state index in [4.69, 9.17) is 14.2 Å². The van der Waals surface area contributed by atoms with Crippen molar-refractivity contribution in [2.45, 2.75) is 142 Å². The summed E-state index contributed by atoms with van der Waals surface area (Å²) in [6.07, 6.45) is 23.8. The van der Waals surface area contributed by atoms with Gasteiger partial charge >= 0.3 is 5.97 Å². The van der Waals surface area contributed by atoms with Crippen molar-refractivity contribution in [3.8, 4) is 0 Å². The number of allylic oxidation sites excluding steroid dienone is 4. The fourth-order valence-corrected chi connectivity index (χ4v) is 6.08. The number of rotatable bonds is 23. The van der Waals surface area contributed by atoms with Crippen LogP contribution < -0.4 is 10.6 Å². The van der Waals surface area contributed by atoms with Crippen LogP contribution >= 0.6 is 0 Å². The van der Waals surface area contributed by atoms with E-state index in [1.165, 1.54) is 32.1 Å². The molecule has 2 amide bonds. The molecule has 0 aliphatic carbocycles. The van der Waals surface area contributed by atoms with Crippen molar-refractivity contribution in [1.29, 1.82) is 0 Å². The molecule has 0 saturated carbocycles. The van der Waals surface area contributed by atoms with Crippen LogP contribution in [0, 0.1) is 5.41 Å².